The summed E-state index contributed by atoms with van der Waals surface area (Å²) in [4.78, 5) is 10.4. The van der Waals surface area contributed by atoms with E-state index in [0.717, 1.165) is 0 Å². The van der Waals surface area contributed by atoms with Crippen LogP contribution in [0.25, 0.3) is 0 Å². The summed E-state index contributed by atoms with van der Waals surface area (Å²) in [7, 11) is -1.99. The van der Waals surface area contributed by atoms with Gasteiger partial charge in [0, 0.05) is 0 Å². The molecule has 2 aliphatic rings. The first-order valence-electron chi connectivity index (χ1n) is 10.8. The van der Waals surface area contributed by atoms with E-state index in [1.807, 2.05) is 24.3 Å². The molecule has 2 aliphatic carbocycles. The van der Waals surface area contributed by atoms with Crippen LogP contribution in [0.3, 0.4) is 0 Å². The quantitative estimate of drug-likeness (QED) is 0.513. The van der Waals surface area contributed by atoms with Gasteiger partial charge in [-0.15, -0.1) is 0 Å². The smallest absolute Gasteiger partial charge is 0.418 e. The van der Waals surface area contributed by atoms with Gasteiger partial charge in [-0.1, -0.05) is 62.8 Å². The van der Waals surface area contributed by atoms with Crippen LogP contribution in [0.15, 0.2) is 48.5 Å². The van der Waals surface area contributed by atoms with Gasteiger partial charge in [-0.2, -0.15) is 0 Å². The molecule has 0 radical (unpaired) electrons. The van der Waals surface area contributed by atoms with Crippen molar-refractivity contribution in [3.63, 3.8) is 0 Å². The maximum absolute atomic E-state index is 10.4. The van der Waals surface area contributed by atoms with E-state index in [9.17, 15) is 4.89 Å². The van der Waals surface area contributed by atoms with Crippen LogP contribution in [0, 0.1) is 0 Å². The lowest BCUT2D eigenvalue weighted by Crippen LogP contribution is -2.05. The Balaban J connectivity index is 1.37. The van der Waals surface area contributed by atoms with Crippen LogP contribution in [0.5, 0.6) is 11.5 Å². The summed E-state index contributed by atoms with van der Waals surface area (Å²) in [5.41, 5.74) is 2.64. The molecule has 0 spiro atoms. The van der Waals surface area contributed by atoms with E-state index in [2.05, 4.69) is 24.3 Å². The zero-order valence-corrected chi connectivity index (χ0v) is 17.4. The highest BCUT2D eigenvalue weighted by Crippen LogP contribution is 2.40. The third-order valence-corrected chi connectivity index (χ3v) is 6.97. The summed E-state index contributed by atoms with van der Waals surface area (Å²) < 4.78 is 11.5. The Hall–Kier alpha value is -1.57. The first kappa shape index (κ1) is 19.7. The SMILES string of the molecule is OP(Oc1cccc(C2CCCCC2)c1)Oc1cccc(C2CCCCC2)c1. The van der Waals surface area contributed by atoms with Gasteiger partial charge in [0.1, 0.15) is 11.5 Å². The zero-order valence-electron chi connectivity index (χ0n) is 16.6. The van der Waals surface area contributed by atoms with Crippen LogP contribution >= 0.6 is 8.60 Å². The summed E-state index contributed by atoms with van der Waals surface area (Å²) in [6.07, 6.45) is 12.9. The molecule has 3 nitrogen and oxygen atoms in total. The summed E-state index contributed by atoms with van der Waals surface area (Å²) in [6, 6.07) is 16.3. The molecule has 0 aliphatic heterocycles. The first-order valence-corrected chi connectivity index (χ1v) is 12.0. The van der Waals surface area contributed by atoms with Gasteiger partial charge in [0.15, 0.2) is 0 Å². The lowest BCUT2D eigenvalue weighted by Gasteiger charge is -2.23. The molecule has 150 valence electrons. The molecule has 2 fully saturated rings. The van der Waals surface area contributed by atoms with Gasteiger partial charge in [0.05, 0.1) is 0 Å². The van der Waals surface area contributed by atoms with Gasteiger partial charge in [-0.25, -0.2) is 0 Å². The van der Waals surface area contributed by atoms with Crippen LogP contribution in [-0.4, -0.2) is 4.89 Å². The zero-order chi connectivity index (χ0) is 19.2. The summed E-state index contributed by atoms with van der Waals surface area (Å²) in [5.74, 6) is 2.63. The second kappa shape index (κ2) is 9.76. The molecule has 4 heteroatoms. The average Bonchev–Trinajstić information content (AvgIpc) is 2.75. The Bertz CT molecular complexity index is 688. The molecule has 0 bridgehead atoms. The summed E-state index contributed by atoms with van der Waals surface area (Å²) >= 11 is 0. The minimum Gasteiger partial charge on any atom is -0.418 e. The van der Waals surface area contributed by atoms with Gasteiger partial charge in [0.25, 0.3) is 0 Å². The van der Waals surface area contributed by atoms with Gasteiger partial charge in [-0.05, 0) is 72.9 Å². The Morgan fingerprint density at radius 3 is 1.50 bits per heavy atom. The molecule has 4 rings (SSSR count). The topological polar surface area (TPSA) is 38.7 Å². The van der Waals surface area contributed by atoms with Gasteiger partial charge in [0.2, 0.25) is 0 Å². The van der Waals surface area contributed by atoms with E-state index in [0.29, 0.717) is 23.3 Å². The van der Waals surface area contributed by atoms with E-state index in [-0.39, 0.29) is 0 Å². The van der Waals surface area contributed by atoms with Crippen LogP contribution in [0.2, 0.25) is 0 Å². The van der Waals surface area contributed by atoms with Crippen molar-refractivity contribution in [1.29, 1.82) is 0 Å². The molecular weight excluding hydrogens is 367 g/mol. The highest BCUT2D eigenvalue weighted by atomic mass is 31.2. The average molecular weight is 398 g/mol. The highest BCUT2D eigenvalue weighted by Gasteiger charge is 2.19. The normalized spacial score (nSPS) is 18.9. The largest absolute Gasteiger partial charge is 0.460 e. The fraction of sp³-hybridized carbons (Fsp3) is 0.500. The van der Waals surface area contributed by atoms with Crippen molar-refractivity contribution in [2.24, 2.45) is 0 Å². The van der Waals surface area contributed by atoms with Crippen molar-refractivity contribution >= 4 is 8.60 Å². The number of benzene rings is 2. The van der Waals surface area contributed by atoms with E-state index in [4.69, 9.17) is 9.05 Å². The van der Waals surface area contributed by atoms with E-state index in [1.54, 1.807) is 0 Å². The second-order valence-corrected chi connectivity index (χ2v) is 9.08. The minimum atomic E-state index is -1.99. The monoisotopic (exact) mass is 398 g/mol. The van der Waals surface area contributed by atoms with Gasteiger partial charge in [-0.3, -0.25) is 0 Å². The summed E-state index contributed by atoms with van der Waals surface area (Å²) in [5, 5.41) is 0. The second-order valence-electron chi connectivity index (χ2n) is 8.24. The Morgan fingerprint density at radius 2 is 1.07 bits per heavy atom. The van der Waals surface area contributed by atoms with Gasteiger partial charge >= 0.3 is 8.60 Å². The van der Waals surface area contributed by atoms with Crippen molar-refractivity contribution < 1.29 is 13.9 Å². The number of rotatable bonds is 6. The third-order valence-electron chi connectivity index (χ3n) is 6.24. The van der Waals surface area contributed by atoms with Crippen LogP contribution in [0.1, 0.15) is 87.2 Å². The molecule has 0 amide bonds. The molecule has 0 saturated heterocycles. The Labute approximate surface area is 170 Å². The van der Waals surface area contributed by atoms with Crippen molar-refractivity contribution in [3.8, 4) is 11.5 Å². The fourth-order valence-corrected chi connectivity index (χ4v) is 5.35. The Kier molecular flexibility index (Phi) is 6.88. The molecule has 2 aromatic rings. The highest BCUT2D eigenvalue weighted by molar-refractivity contribution is 7.41. The predicted octanol–water partition coefficient (Wildman–Crippen LogP) is 7.46. The van der Waals surface area contributed by atoms with Crippen molar-refractivity contribution in [2.45, 2.75) is 76.0 Å². The lowest BCUT2D eigenvalue weighted by molar-refractivity contribution is 0.380. The van der Waals surface area contributed by atoms with E-state index < -0.39 is 8.60 Å². The maximum Gasteiger partial charge on any atom is 0.460 e. The molecule has 0 atom stereocenters. The molecule has 2 aromatic carbocycles. The molecule has 0 aromatic heterocycles. The van der Waals surface area contributed by atoms with Crippen molar-refractivity contribution in [1.82, 2.24) is 0 Å². The molecule has 2 saturated carbocycles. The van der Waals surface area contributed by atoms with Crippen LogP contribution < -0.4 is 9.05 Å². The molecular formula is C24H31O3P. The fourth-order valence-electron chi connectivity index (χ4n) is 4.72. The first-order chi connectivity index (χ1) is 13.8. The van der Waals surface area contributed by atoms with Crippen LogP contribution in [-0.2, 0) is 0 Å². The van der Waals surface area contributed by atoms with Crippen molar-refractivity contribution in [2.75, 3.05) is 0 Å². The molecule has 0 unspecified atom stereocenters. The predicted molar refractivity (Wildman–Crippen MR) is 115 cm³/mol. The molecule has 1 N–H and O–H groups in total. The number of hydrogen-bond donors (Lipinski definition) is 1. The van der Waals surface area contributed by atoms with Crippen molar-refractivity contribution in [3.05, 3.63) is 59.7 Å². The lowest BCUT2D eigenvalue weighted by atomic mass is 9.84. The Morgan fingerprint density at radius 1 is 0.643 bits per heavy atom. The van der Waals surface area contributed by atoms with Gasteiger partial charge < -0.3 is 13.9 Å². The van der Waals surface area contributed by atoms with E-state index >= 15 is 0 Å². The number of hydrogen-bond acceptors (Lipinski definition) is 3. The summed E-state index contributed by atoms with van der Waals surface area (Å²) in [6.45, 7) is 0. The molecule has 28 heavy (non-hydrogen) atoms. The standard InChI is InChI=1S/C24H31O3P/c25-28(26-23-15-7-13-21(17-23)19-9-3-1-4-10-19)27-24-16-8-14-22(18-24)20-11-5-2-6-12-20/h7-8,13-20,25H,1-6,9-12H2. The van der Waals surface area contributed by atoms with E-state index in [1.165, 1.54) is 75.3 Å². The van der Waals surface area contributed by atoms with Crippen LogP contribution in [0.4, 0.5) is 0 Å². The minimum absolute atomic E-state index is 0.621. The maximum atomic E-state index is 10.4. The third kappa shape index (κ3) is 5.27. The molecule has 0 heterocycles.